The number of anilines is 1. The minimum absolute atomic E-state index is 0.0100. The van der Waals surface area contributed by atoms with Crippen molar-refractivity contribution in [3.63, 3.8) is 0 Å². The highest BCUT2D eigenvalue weighted by molar-refractivity contribution is 6.32. The molecule has 2 aromatic carbocycles. The number of carbonyl (C=O) groups is 3. The van der Waals surface area contributed by atoms with Crippen LogP contribution in [0.25, 0.3) is 0 Å². The van der Waals surface area contributed by atoms with E-state index >= 15 is 0 Å². The van der Waals surface area contributed by atoms with Crippen LogP contribution in [-0.4, -0.2) is 34.1 Å². The van der Waals surface area contributed by atoms with E-state index in [1.807, 2.05) is 0 Å². The lowest BCUT2D eigenvalue weighted by molar-refractivity contribution is -0.384. The zero-order valence-corrected chi connectivity index (χ0v) is 17.3. The van der Waals surface area contributed by atoms with Gasteiger partial charge in [0.25, 0.3) is 17.5 Å². The summed E-state index contributed by atoms with van der Waals surface area (Å²) in [5.41, 5.74) is 0.771. The van der Waals surface area contributed by atoms with Crippen LogP contribution in [0.3, 0.4) is 0 Å². The number of fused-ring (bicyclic) bond motifs is 1. The number of hydrogen-bond donors (Lipinski definition) is 1. The van der Waals surface area contributed by atoms with Gasteiger partial charge in [-0.15, -0.1) is 0 Å². The smallest absolute Gasteiger partial charge is 0.289 e. The zero-order chi connectivity index (χ0) is 22.1. The topological polar surface area (TPSA) is 110 Å². The van der Waals surface area contributed by atoms with Crippen LogP contribution >= 0.6 is 11.6 Å². The van der Waals surface area contributed by atoms with E-state index in [2.05, 4.69) is 5.32 Å². The first kappa shape index (κ1) is 21.0. The van der Waals surface area contributed by atoms with Crippen molar-refractivity contribution in [2.45, 2.75) is 25.7 Å². The molecule has 0 radical (unpaired) electrons. The Bertz CT molecular complexity index is 1050. The summed E-state index contributed by atoms with van der Waals surface area (Å²) in [5.74, 6) is -1.54. The van der Waals surface area contributed by atoms with Crippen LogP contribution in [0.2, 0.25) is 5.02 Å². The molecule has 2 aromatic rings. The van der Waals surface area contributed by atoms with Gasteiger partial charge in [-0.1, -0.05) is 36.6 Å². The largest absolute Gasteiger partial charge is 0.326 e. The van der Waals surface area contributed by atoms with Gasteiger partial charge in [0.1, 0.15) is 5.02 Å². The second-order valence-corrected chi connectivity index (χ2v) is 8.24. The molecule has 160 valence electrons. The molecule has 0 spiro atoms. The molecule has 4 rings (SSSR count). The van der Waals surface area contributed by atoms with Crippen molar-refractivity contribution in [3.05, 3.63) is 68.7 Å². The Hall–Kier alpha value is -3.26. The summed E-state index contributed by atoms with van der Waals surface area (Å²) in [5, 5.41) is 13.8. The maximum absolute atomic E-state index is 13.0. The number of hydrogen-bond acceptors (Lipinski definition) is 5. The molecule has 8 nitrogen and oxygen atoms in total. The highest BCUT2D eigenvalue weighted by Gasteiger charge is 2.40. The first-order valence-electron chi connectivity index (χ1n) is 10.1. The zero-order valence-electron chi connectivity index (χ0n) is 16.5. The van der Waals surface area contributed by atoms with E-state index in [1.165, 1.54) is 23.1 Å². The third-order valence-corrected chi connectivity index (χ3v) is 6.27. The second-order valence-electron chi connectivity index (χ2n) is 7.83. The van der Waals surface area contributed by atoms with Crippen molar-refractivity contribution in [3.8, 4) is 0 Å². The number of rotatable bonds is 5. The molecule has 2 aliphatic rings. The number of halogens is 1. The Morgan fingerprint density at radius 2 is 1.74 bits per heavy atom. The molecular formula is C22H20ClN3O5. The van der Waals surface area contributed by atoms with Crippen molar-refractivity contribution < 1.29 is 19.3 Å². The molecule has 1 heterocycles. The molecule has 31 heavy (non-hydrogen) atoms. The summed E-state index contributed by atoms with van der Waals surface area (Å²) >= 11 is 5.84. The monoisotopic (exact) mass is 441 g/mol. The molecule has 2 unspecified atom stereocenters. The van der Waals surface area contributed by atoms with Gasteiger partial charge in [-0.05, 0) is 43.0 Å². The Morgan fingerprint density at radius 1 is 1.10 bits per heavy atom. The standard InChI is InChI=1S/C22H20ClN3O5/c23-18-10-9-14(11-19(18)26(30)31)24-20(27)15-6-2-1-5-13(15)12-25-21(28)16-7-3-4-8-17(16)22(25)29/h3-4,7-11,13,15H,1-2,5-6,12H2,(H,24,27). The second kappa shape index (κ2) is 8.47. The van der Waals surface area contributed by atoms with E-state index in [0.717, 1.165) is 12.8 Å². The Kier molecular flexibility index (Phi) is 5.73. The molecule has 9 heteroatoms. The fourth-order valence-electron chi connectivity index (χ4n) is 4.38. The predicted octanol–water partition coefficient (Wildman–Crippen LogP) is 4.29. The summed E-state index contributed by atoms with van der Waals surface area (Å²) in [6.45, 7) is 0.172. The van der Waals surface area contributed by atoms with Crippen LogP contribution in [0.5, 0.6) is 0 Å². The number of benzene rings is 2. The number of amides is 3. The number of carbonyl (C=O) groups excluding carboxylic acids is 3. The number of nitrogens with one attached hydrogen (secondary N) is 1. The molecule has 0 aromatic heterocycles. The summed E-state index contributed by atoms with van der Waals surface area (Å²) in [6.07, 6.45) is 3.10. The average molecular weight is 442 g/mol. The third-order valence-electron chi connectivity index (χ3n) is 5.95. The van der Waals surface area contributed by atoms with Gasteiger partial charge in [-0.25, -0.2) is 0 Å². The van der Waals surface area contributed by atoms with E-state index in [4.69, 9.17) is 11.6 Å². The van der Waals surface area contributed by atoms with Gasteiger partial charge < -0.3 is 5.32 Å². The lowest BCUT2D eigenvalue weighted by Gasteiger charge is -2.32. The molecule has 3 amide bonds. The van der Waals surface area contributed by atoms with E-state index in [0.29, 0.717) is 24.0 Å². The van der Waals surface area contributed by atoms with Crippen molar-refractivity contribution in [1.29, 1.82) is 0 Å². The van der Waals surface area contributed by atoms with Gasteiger partial charge in [0.05, 0.1) is 16.1 Å². The normalized spacial score (nSPS) is 20.5. The van der Waals surface area contributed by atoms with Gasteiger partial charge in [0, 0.05) is 24.2 Å². The van der Waals surface area contributed by atoms with Crippen LogP contribution in [0.4, 0.5) is 11.4 Å². The predicted molar refractivity (Wildman–Crippen MR) is 114 cm³/mol. The van der Waals surface area contributed by atoms with Crippen LogP contribution in [0, 0.1) is 22.0 Å². The first-order chi connectivity index (χ1) is 14.9. The van der Waals surface area contributed by atoms with Gasteiger partial charge >= 0.3 is 0 Å². The minimum atomic E-state index is -0.607. The Morgan fingerprint density at radius 3 is 2.39 bits per heavy atom. The summed E-state index contributed by atoms with van der Waals surface area (Å²) in [6, 6.07) is 10.8. The number of nitro groups is 1. The Balaban J connectivity index is 1.50. The molecule has 0 bridgehead atoms. The molecule has 1 aliphatic heterocycles. The van der Waals surface area contributed by atoms with Crippen molar-refractivity contribution >= 4 is 40.7 Å². The maximum atomic E-state index is 13.0. The van der Waals surface area contributed by atoms with Crippen LogP contribution in [0.1, 0.15) is 46.4 Å². The average Bonchev–Trinajstić information content (AvgIpc) is 3.00. The number of imide groups is 1. The lowest BCUT2D eigenvalue weighted by atomic mass is 9.78. The van der Waals surface area contributed by atoms with E-state index in [-0.39, 0.29) is 46.6 Å². The molecule has 1 saturated carbocycles. The fraction of sp³-hybridized carbons (Fsp3) is 0.318. The summed E-state index contributed by atoms with van der Waals surface area (Å²) in [7, 11) is 0. The fourth-order valence-corrected chi connectivity index (χ4v) is 4.56. The number of nitrogens with zero attached hydrogens (tertiary/aromatic N) is 2. The molecular weight excluding hydrogens is 422 g/mol. The van der Waals surface area contributed by atoms with E-state index in [9.17, 15) is 24.5 Å². The van der Waals surface area contributed by atoms with Crippen molar-refractivity contribution in [2.24, 2.45) is 11.8 Å². The molecule has 1 fully saturated rings. The van der Waals surface area contributed by atoms with Gasteiger partial charge in [0.2, 0.25) is 5.91 Å². The highest BCUT2D eigenvalue weighted by Crippen LogP contribution is 2.35. The molecule has 1 N–H and O–H groups in total. The van der Waals surface area contributed by atoms with E-state index < -0.39 is 10.8 Å². The summed E-state index contributed by atoms with van der Waals surface area (Å²) < 4.78 is 0. The van der Waals surface area contributed by atoms with Crippen molar-refractivity contribution in [1.82, 2.24) is 4.90 Å². The first-order valence-corrected chi connectivity index (χ1v) is 10.4. The van der Waals surface area contributed by atoms with Crippen LogP contribution in [0.15, 0.2) is 42.5 Å². The molecule has 2 atom stereocenters. The summed E-state index contributed by atoms with van der Waals surface area (Å²) in [4.78, 5) is 50.1. The third kappa shape index (κ3) is 4.03. The molecule has 1 aliphatic carbocycles. The highest BCUT2D eigenvalue weighted by atomic mass is 35.5. The van der Waals surface area contributed by atoms with Crippen molar-refractivity contribution in [2.75, 3.05) is 11.9 Å². The van der Waals surface area contributed by atoms with Gasteiger partial charge in [0.15, 0.2) is 0 Å². The SMILES string of the molecule is O=C(Nc1ccc(Cl)c([N+](=O)[O-])c1)C1CCCCC1CN1C(=O)c2ccccc2C1=O. The Labute approximate surface area is 183 Å². The van der Waals surface area contributed by atoms with Crippen LogP contribution in [-0.2, 0) is 4.79 Å². The van der Waals surface area contributed by atoms with Gasteiger partial charge in [-0.3, -0.25) is 29.4 Å². The van der Waals surface area contributed by atoms with E-state index in [1.54, 1.807) is 24.3 Å². The minimum Gasteiger partial charge on any atom is -0.326 e. The molecule has 0 saturated heterocycles. The maximum Gasteiger partial charge on any atom is 0.289 e. The number of nitro benzene ring substituents is 1. The lowest BCUT2D eigenvalue weighted by Crippen LogP contribution is -2.41. The van der Waals surface area contributed by atoms with Gasteiger partial charge in [-0.2, -0.15) is 0 Å². The quantitative estimate of drug-likeness (QED) is 0.423. The van der Waals surface area contributed by atoms with Crippen LogP contribution < -0.4 is 5.32 Å².